The van der Waals surface area contributed by atoms with E-state index in [1.54, 1.807) is 17.5 Å². The maximum Gasteiger partial charge on any atom is 0.237 e. The summed E-state index contributed by atoms with van der Waals surface area (Å²) in [7, 11) is 0. The Morgan fingerprint density at radius 2 is 2.05 bits per heavy atom. The molecule has 19 heavy (non-hydrogen) atoms. The van der Waals surface area contributed by atoms with Gasteiger partial charge in [0.05, 0.1) is 5.41 Å². The van der Waals surface area contributed by atoms with Crippen LogP contribution in [0.15, 0.2) is 41.9 Å². The maximum atomic E-state index is 12.7. The van der Waals surface area contributed by atoms with Crippen molar-refractivity contribution in [2.24, 2.45) is 0 Å². The number of carbonyl (C=O) groups excluding carboxylic acids is 1. The van der Waals surface area contributed by atoms with Crippen LogP contribution in [0, 0.1) is 0 Å². The minimum Gasteiger partial charge on any atom is -0.310 e. The van der Waals surface area contributed by atoms with E-state index >= 15 is 0 Å². The molecule has 4 heteroatoms. The Morgan fingerprint density at radius 3 is 2.68 bits per heavy atom. The van der Waals surface area contributed by atoms with E-state index in [-0.39, 0.29) is 11.3 Å². The second kappa shape index (κ2) is 5.13. The molecule has 1 aliphatic carbocycles. The first-order valence-electron chi connectivity index (χ1n) is 6.58. The molecule has 2 heterocycles. The lowest BCUT2D eigenvalue weighted by Crippen LogP contribution is -2.37. The van der Waals surface area contributed by atoms with E-state index in [4.69, 9.17) is 0 Å². The SMILES string of the molecule is O=C(Nc1ccccn1)C1(c2cccs2)CCCC1. The van der Waals surface area contributed by atoms with Gasteiger partial charge in [0.15, 0.2) is 0 Å². The Bertz CT molecular complexity index is 545. The fraction of sp³-hybridized carbons (Fsp3) is 0.333. The minimum absolute atomic E-state index is 0.0890. The van der Waals surface area contributed by atoms with Crippen molar-refractivity contribution in [3.8, 4) is 0 Å². The molecule has 0 atom stereocenters. The summed E-state index contributed by atoms with van der Waals surface area (Å²) in [5.41, 5.74) is -0.342. The number of anilines is 1. The van der Waals surface area contributed by atoms with Crippen LogP contribution in [0.25, 0.3) is 0 Å². The number of nitrogens with zero attached hydrogens (tertiary/aromatic N) is 1. The van der Waals surface area contributed by atoms with Crippen LogP contribution in [0.3, 0.4) is 0 Å². The number of hydrogen-bond donors (Lipinski definition) is 1. The lowest BCUT2D eigenvalue weighted by molar-refractivity contribution is -0.121. The van der Waals surface area contributed by atoms with E-state index < -0.39 is 0 Å². The third-order valence-corrected chi connectivity index (χ3v) is 4.87. The molecule has 0 aromatic carbocycles. The number of carbonyl (C=O) groups is 1. The number of pyridine rings is 1. The topological polar surface area (TPSA) is 42.0 Å². The molecule has 1 saturated carbocycles. The summed E-state index contributed by atoms with van der Waals surface area (Å²) in [4.78, 5) is 18.0. The number of nitrogens with one attached hydrogen (secondary N) is 1. The van der Waals surface area contributed by atoms with Crippen molar-refractivity contribution in [1.29, 1.82) is 0 Å². The average molecular weight is 272 g/mol. The van der Waals surface area contributed by atoms with Gasteiger partial charge in [-0.1, -0.05) is 25.0 Å². The van der Waals surface area contributed by atoms with Gasteiger partial charge in [-0.25, -0.2) is 4.98 Å². The molecule has 0 saturated heterocycles. The van der Waals surface area contributed by atoms with Gasteiger partial charge >= 0.3 is 0 Å². The highest BCUT2D eigenvalue weighted by Crippen LogP contribution is 2.43. The highest BCUT2D eigenvalue weighted by atomic mass is 32.1. The predicted octanol–water partition coefficient (Wildman–Crippen LogP) is 3.59. The molecule has 0 radical (unpaired) electrons. The molecular formula is C15H16N2OS. The molecule has 98 valence electrons. The molecule has 1 N–H and O–H groups in total. The van der Waals surface area contributed by atoms with Crippen molar-refractivity contribution in [2.75, 3.05) is 5.32 Å². The molecule has 0 spiro atoms. The fourth-order valence-corrected chi connectivity index (χ4v) is 3.77. The molecule has 0 bridgehead atoms. The van der Waals surface area contributed by atoms with Gasteiger partial charge in [-0.15, -0.1) is 11.3 Å². The van der Waals surface area contributed by atoms with Crippen molar-refractivity contribution >= 4 is 23.1 Å². The lowest BCUT2D eigenvalue weighted by atomic mass is 9.83. The molecular weight excluding hydrogens is 256 g/mol. The number of amides is 1. The molecule has 3 rings (SSSR count). The zero-order valence-electron chi connectivity index (χ0n) is 10.6. The summed E-state index contributed by atoms with van der Waals surface area (Å²) in [6.45, 7) is 0. The Morgan fingerprint density at radius 1 is 1.21 bits per heavy atom. The van der Waals surface area contributed by atoms with Gasteiger partial charge in [0.2, 0.25) is 5.91 Å². The summed E-state index contributed by atoms with van der Waals surface area (Å²) in [5.74, 6) is 0.724. The molecule has 3 nitrogen and oxygen atoms in total. The molecule has 0 aliphatic heterocycles. The van der Waals surface area contributed by atoms with Gasteiger partial charge in [-0.05, 0) is 36.4 Å². The van der Waals surface area contributed by atoms with Crippen LogP contribution in [-0.2, 0) is 10.2 Å². The van der Waals surface area contributed by atoms with Gasteiger partial charge in [-0.2, -0.15) is 0 Å². The highest BCUT2D eigenvalue weighted by Gasteiger charge is 2.43. The van der Waals surface area contributed by atoms with Gasteiger partial charge in [0, 0.05) is 11.1 Å². The first kappa shape index (κ1) is 12.4. The molecule has 0 unspecified atom stereocenters. The third-order valence-electron chi connectivity index (χ3n) is 3.79. The third kappa shape index (κ3) is 2.28. The van der Waals surface area contributed by atoms with E-state index in [1.165, 1.54) is 4.88 Å². The zero-order valence-corrected chi connectivity index (χ0v) is 11.5. The Hall–Kier alpha value is -1.68. The van der Waals surface area contributed by atoms with Gasteiger partial charge in [-0.3, -0.25) is 4.79 Å². The summed E-state index contributed by atoms with van der Waals surface area (Å²) >= 11 is 1.68. The van der Waals surface area contributed by atoms with Crippen molar-refractivity contribution in [3.05, 3.63) is 46.8 Å². The first-order valence-corrected chi connectivity index (χ1v) is 7.46. The smallest absolute Gasteiger partial charge is 0.237 e. The Labute approximate surface area is 116 Å². The highest BCUT2D eigenvalue weighted by molar-refractivity contribution is 7.10. The molecule has 1 aliphatic rings. The van der Waals surface area contributed by atoms with E-state index in [9.17, 15) is 4.79 Å². The minimum atomic E-state index is -0.342. The van der Waals surface area contributed by atoms with Crippen molar-refractivity contribution in [1.82, 2.24) is 4.98 Å². The number of aromatic nitrogens is 1. The van der Waals surface area contributed by atoms with Crippen LogP contribution >= 0.6 is 11.3 Å². The summed E-state index contributed by atoms with van der Waals surface area (Å²) in [5, 5.41) is 5.01. The lowest BCUT2D eigenvalue weighted by Gasteiger charge is -2.26. The first-order chi connectivity index (χ1) is 9.31. The summed E-state index contributed by atoms with van der Waals surface area (Å²) < 4.78 is 0. The summed E-state index contributed by atoms with van der Waals surface area (Å²) in [6, 6.07) is 9.66. The van der Waals surface area contributed by atoms with Crippen LogP contribution in [0.1, 0.15) is 30.6 Å². The largest absolute Gasteiger partial charge is 0.310 e. The summed E-state index contributed by atoms with van der Waals surface area (Å²) in [6.07, 6.45) is 5.81. The van der Waals surface area contributed by atoms with Gasteiger partial charge in [0.25, 0.3) is 0 Å². The quantitative estimate of drug-likeness (QED) is 0.927. The molecule has 2 aromatic rings. The van der Waals surface area contributed by atoms with Crippen LogP contribution in [0.4, 0.5) is 5.82 Å². The maximum absolute atomic E-state index is 12.7. The second-order valence-electron chi connectivity index (χ2n) is 4.94. The van der Waals surface area contributed by atoms with Crippen molar-refractivity contribution in [2.45, 2.75) is 31.1 Å². The number of rotatable bonds is 3. The van der Waals surface area contributed by atoms with Crippen molar-refractivity contribution in [3.63, 3.8) is 0 Å². The Kier molecular flexibility index (Phi) is 3.34. The van der Waals surface area contributed by atoms with Crippen molar-refractivity contribution < 1.29 is 4.79 Å². The van der Waals surface area contributed by atoms with Gasteiger partial charge < -0.3 is 5.32 Å². The molecule has 2 aromatic heterocycles. The average Bonchev–Trinajstić information content (AvgIpc) is 3.12. The Balaban J connectivity index is 1.87. The van der Waals surface area contributed by atoms with Crippen LogP contribution in [-0.4, -0.2) is 10.9 Å². The van der Waals surface area contributed by atoms with Gasteiger partial charge in [0.1, 0.15) is 5.82 Å². The van der Waals surface area contributed by atoms with E-state index in [0.717, 1.165) is 25.7 Å². The second-order valence-corrected chi connectivity index (χ2v) is 5.88. The van der Waals surface area contributed by atoms with E-state index in [1.807, 2.05) is 29.6 Å². The van der Waals surface area contributed by atoms with Crippen LogP contribution in [0.5, 0.6) is 0 Å². The van der Waals surface area contributed by atoms with Crippen LogP contribution in [0.2, 0.25) is 0 Å². The monoisotopic (exact) mass is 272 g/mol. The standard InChI is InChI=1S/C15H16N2OS/c18-14(17-13-7-1-4-10-16-13)15(8-2-3-9-15)12-6-5-11-19-12/h1,4-7,10-11H,2-3,8-9H2,(H,16,17,18). The van der Waals surface area contributed by atoms with E-state index in [0.29, 0.717) is 5.82 Å². The fourth-order valence-electron chi connectivity index (χ4n) is 2.79. The van der Waals surface area contributed by atoms with E-state index in [2.05, 4.69) is 16.4 Å². The normalized spacial score (nSPS) is 17.3. The van der Waals surface area contributed by atoms with Crippen LogP contribution < -0.4 is 5.32 Å². The zero-order chi connectivity index (χ0) is 13.1. The predicted molar refractivity (Wildman–Crippen MR) is 77.3 cm³/mol. The molecule has 1 fully saturated rings. The number of hydrogen-bond acceptors (Lipinski definition) is 3. The number of thiophene rings is 1. The molecule has 1 amide bonds.